The van der Waals surface area contributed by atoms with Crippen molar-refractivity contribution in [2.75, 3.05) is 0 Å². The van der Waals surface area contributed by atoms with E-state index in [-0.39, 0.29) is 24.8 Å². The molecule has 0 saturated carbocycles. The monoisotopic (exact) mass is 674 g/mol. The van der Waals surface area contributed by atoms with Gasteiger partial charge in [-0.05, 0) is 0 Å². The summed E-state index contributed by atoms with van der Waals surface area (Å²) in [6.07, 6.45) is 8.34. The van der Waals surface area contributed by atoms with Gasteiger partial charge in [0.15, 0.2) is 0 Å². The zero-order chi connectivity index (χ0) is 26.5. The Kier molecular flexibility index (Phi) is 8.53. The zero-order valence-electron chi connectivity index (χ0n) is 23.0. The molecule has 0 aliphatic heterocycles. The summed E-state index contributed by atoms with van der Waals surface area (Å²) in [6, 6.07) is 50.7. The fourth-order valence-corrected chi connectivity index (χ4v) is 29.3. The zero-order valence-corrected chi connectivity index (χ0v) is 28.1. The second kappa shape index (κ2) is 12.3. The number of hydrogen-bond acceptors (Lipinski definition) is 0. The van der Waals surface area contributed by atoms with Crippen LogP contribution < -0.4 is 10.4 Å². The van der Waals surface area contributed by atoms with Gasteiger partial charge in [0.2, 0.25) is 0 Å². The molecule has 6 aromatic carbocycles. The molecule has 4 heteroatoms. The Labute approximate surface area is 267 Å². The second-order valence-electron chi connectivity index (χ2n) is 10.7. The first-order valence-electron chi connectivity index (χ1n) is 14.1. The number of hydrogen-bond donors (Lipinski definition) is 0. The second-order valence-corrected chi connectivity index (χ2v) is 24.6. The van der Waals surface area contributed by atoms with Gasteiger partial charge >= 0.3 is 245 Å². The molecule has 42 heavy (non-hydrogen) atoms. The molecule has 0 nitrogen and oxygen atoms in total. The van der Waals surface area contributed by atoms with Crippen LogP contribution >= 0.6 is 24.8 Å². The predicted molar refractivity (Wildman–Crippen MR) is 183 cm³/mol. The average molecular weight is 677 g/mol. The van der Waals surface area contributed by atoms with Crippen molar-refractivity contribution in [2.24, 2.45) is 0 Å². The Balaban J connectivity index is 0.00000158. The molecule has 1 atom stereocenters. The van der Waals surface area contributed by atoms with Crippen LogP contribution in [0.3, 0.4) is 0 Å². The van der Waals surface area contributed by atoms with Crippen LogP contribution in [0, 0.1) is 0 Å². The van der Waals surface area contributed by atoms with Crippen molar-refractivity contribution < 1.29 is 20.4 Å². The molecule has 0 heterocycles. The van der Waals surface area contributed by atoms with E-state index in [0.717, 1.165) is 6.42 Å². The van der Waals surface area contributed by atoms with E-state index >= 15 is 0 Å². The summed E-state index contributed by atoms with van der Waals surface area (Å²) in [6.45, 7) is 0. The first-order chi connectivity index (χ1) is 19.9. The first-order valence-corrected chi connectivity index (χ1v) is 22.0. The number of fused-ring (bicyclic) bond motifs is 8. The fraction of sp³-hybridized carbons (Fsp3) is 0.0526. The van der Waals surface area contributed by atoms with Crippen molar-refractivity contribution in [3.63, 3.8) is 0 Å². The molecule has 0 spiro atoms. The topological polar surface area (TPSA) is 0 Å². The molecule has 2 aliphatic carbocycles. The van der Waals surface area contributed by atoms with Crippen LogP contribution in [-0.2, 0) is 20.4 Å². The number of allylic oxidation sites excluding steroid dienone is 4. The molecule has 8 rings (SSSR count). The minimum absolute atomic E-state index is 0. The molecule has 1 unspecified atom stereocenters. The van der Waals surface area contributed by atoms with Crippen molar-refractivity contribution in [2.45, 2.75) is 10.0 Å². The summed E-state index contributed by atoms with van der Waals surface area (Å²) in [5.74, 6) is 0. The number of halogens is 2. The van der Waals surface area contributed by atoms with Crippen molar-refractivity contribution in [3.8, 4) is 11.1 Å². The Morgan fingerprint density at radius 1 is 0.548 bits per heavy atom. The van der Waals surface area contributed by atoms with Crippen LogP contribution in [0.25, 0.3) is 32.7 Å². The van der Waals surface area contributed by atoms with Gasteiger partial charge in [-0.3, -0.25) is 0 Å². The van der Waals surface area contributed by atoms with Gasteiger partial charge in [-0.1, -0.05) is 0 Å². The minimum atomic E-state index is -2.52. The number of rotatable bonds is 4. The molecule has 0 bridgehead atoms. The Bertz CT molecular complexity index is 1990. The number of benzene rings is 6. The van der Waals surface area contributed by atoms with Gasteiger partial charge in [0.05, 0.1) is 0 Å². The third-order valence-electron chi connectivity index (χ3n) is 8.60. The van der Waals surface area contributed by atoms with E-state index < -0.39 is 25.8 Å². The smallest absolute Gasteiger partial charge is 0.147 e. The summed E-state index contributed by atoms with van der Waals surface area (Å²) >= 11 is -2.52. The Morgan fingerprint density at radius 2 is 1.07 bits per heavy atom. The van der Waals surface area contributed by atoms with E-state index in [2.05, 4.69) is 152 Å². The van der Waals surface area contributed by atoms with Gasteiger partial charge in [-0.2, -0.15) is 0 Å². The van der Waals surface area contributed by atoms with Crippen LogP contribution in [0.15, 0.2) is 155 Å². The molecule has 0 N–H and O–H groups in total. The van der Waals surface area contributed by atoms with Gasteiger partial charge in [0.1, 0.15) is 0 Å². The van der Waals surface area contributed by atoms with Gasteiger partial charge in [-0.25, -0.2) is 0 Å². The maximum atomic E-state index is 2.51. The van der Waals surface area contributed by atoms with Crippen LogP contribution in [0.5, 0.6) is 0 Å². The van der Waals surface area contributed by atoms with Crippen molar-refractivity contribution in [1.82, 2.24) is 0 Å². The van der Waals surface area contributed by atoms with Gasteiger partial charge in [-0.15, -0.1) is 24.8 Å². The van der Waals surface area contributed by atoms with Gasteiger partial charge in [0.25, 0.3) is 0 Å². The molecule has 204 valence electrons. The molecular weight excluding hydrogens is 647 g/mol. The summed E-state index contributed by atoms with van der Waals surface area (Å²) < 4.78 is 2.23. The summed E-state index contributed by atoms with van der Waals surface area (Å²) in [4.78, 5) is 0. The van der Waals surface area contributed by atoms with E-state index in [9.17, 15) is 0 Å². The minimum Gasteiger partial charge on any atom is -0.147 e. The van der Waals surface area contributed by atoms with E-state index in [1.807, 2.05) is 0 Å². The van der Waals surface area contributed by atoms with Crippen molar-refractivity contribution in [1.29, 1.82) is 0 Å². The molecule has 0 fully saturated rings. The molecular formula is C38H30Cl2SiZr. The van der Waals surface area contributed by atoms with Crippen molar-refractivity contribution in [3.05, 3.63) is 166 Å². The average Bonchev–Trinajstić information content (AvgIpc) is 3.68. The molecule has 0 radical (unpaired) electrons. The van der Waals surface area contributed by atoms with Crippen LogP contribution in [0.4, 0.5) is 0 Å². The van der Waals surface area contributed by atoms with E-state index in [0.29, 0.717) is 3.63 Å². The third kappa shape index (κ3) is 4.70. The largest absolute Gasteiger partial charge is 0.147 e. The molecule has 6 aromatic rings. The van der Waals surface area contributed by atoms with E-state index in [1.165, 1.54) is 32.7 Å². The summed E-state index contributed by atoms with van der Waals surface area (Å²) in [7, 11) is 0. The first kappa shape index (κ1) is 29.1. The normalized spacial score (nSPS) is 14.5. The standard InChI is InChI=1S/C21H13.C12H10Si.C5H5.2ClH.Zr/c1-2-8-15-14(7-1)13-20-18-11-4-3-9-16(18)17-10-5-6-12-19(17)21(15)20;1-3-7-11(8-4-1)13-12-9-5-2-6-10-12;1-2-4-5-3-1;;;/h1-13H;1-10H;1-3H,4H2;2*1H;. The van der Waals surface area contributed by atoms with E-state index in [1.54, 1.807) is 24.8 Å². The van der Waals surface area contributed by atoms with Crippen LogP contribution in [-0.4, -0.2) is 5.43 Å². The van der Waals surface area contributed by atoms with Gasteiger partial charge in [0, 0.05) is 0 Å². The molecule has 2 aliphatic rings. The predicted octanol–water partition coefficient (Wildman–Crippen LogP) is 9.17. The fourth-order valence-electron chi connectivity index (χ4n) is 7.01. The van der Waals surface area contributed by atoms with Crippen LogP contribution in [0.1, 0.15) is 21.2 Å². The third-order valence-corrected chi connectivity index (χ3v) is 28.3. The molecule has 0 saturated heterocycles. The quantitative estimate of drug-likeness (QED) is 0.129. The van der Waals surface area contributed by atoms with Gasteiger partial charge < -0.3 is 0 Å². The Morgan fingerprint density at radius 3 is 1.69 bits per heavy atom. The SMILES string of the molecule is C1=CC[C]([Zr]([CH]2c3ccccc3-c3c2c2ccccc2c2ccccc32)=[Si](c2ccccc2)c2ccccc2)=C1.Cl.Cl. The van der Waals surface area contributed by atoms with Crippen LogP contribution in [0.2, 0.25) is 0 Å². The molecule has 0 aromatic heterocycles. The van der Waals surface area contributed by atoms with E-state index in [4.69, 9.17) is 0 Å². The van der Waals surface area contributed by atoms with Crippen molar-refractivity contribution >= 4 is 62.2 Å². The Hall–Kier alpha value is -3.00. The maximum Gasteiger partial charge on any atom is -0.147 e. The maximum absolute atomic E-state index is 2.52. The molecule has 0 amide bonds. The summed E-state index contributed by atoms with van der Waals surface area (Å²) in [5, 5.41) is 8.75. The summed E-state index contributed by atoms with van der Waals surface area (Å²) in [5.41, 5.74) is 5.09.